The van der Waals surface area contributed by atoms with E-state index in [1.54, 1.807) is 0 Å². The lowest BCUT2D eigenvalue weighted by Gasteiger charge is -2.39. The molecule has 4 heteroatoms. The highest BCUT2D eigenvalue weighted by Gasteiger charge is 2.24. The standard InChI is InChI=1S/C16H36N.C5H11NS2/c1-5-9-13-17(14-10-6-2,15-11-7-3)16-12-8-4;1-3-6(4-2)5(7)8/h5-16H2,1-4H3;3-4H2,1-2H3,(H,7,8)/q+1;/p-1. The van der Waals surface area contributed by atoms with Gasteiger partial charge in [-0.25, -0.2) is 0 Å². The van der Waals surface area contributed by atoms with Crippen molar-refractivity contribution < 1.29 is 4.48 Å². The fraction of sp³-hybridized carbons (Fsp3) is 0.952. The van der Waals surface area contributed by atoms with Crippen molar-refractivity contribution in [1.82, 2.24) is 4.90 Å². The number of hydrogen-bond acceptors (Lipinski definition) is 2. The number of unbranched alkanes of at least 4 members (excludes halogenated alkanes) is 4. The maximum absolute atomic E-state index is 4.76. The van der Waals surface area contributed by atoms with Gasteiger partial charge in [0.05, 0.1) is 26.2 Å². The van der Waals surface area contributed by atoms with Crippen LogP contribution in [0.2, 0.25) is 0 Å². The van der Waals surface area contributed by atoms with Crippen LogP contribution >= 0.6 is 12.2 Å². The summed E-state index contributed by atoms with van der Waals surface area (Å²) in [5.41, 5.74) is 0. The lowest BCUT2D eigenvalue weighted by atomic mass is 10.1. The molecule has 0 aromatic rings. The van der Waals surface area contributed by atoms with Crippen molar-refractivity contribution in [3.8, 4) is 0 Å². The van der Waals surface area contributed by atoms with E-state index in [1.165, 1.54) is 82.0 Å². The van der Waals surface area contributed by atoms with Crippen LogP contribution in [-0.4, -0.2) is 53.0 Å². The van der Waals surface area contributed by atoms with Crippen molar-refractivity contribution in [1.29, 1.82) is 0 Å². The van der Waals surface area contributed by atoms with Gasteiger partial charge in [-0.3, -0.25) is 0 Å². The first-order valence-corrected chi connectivity index (χ1v) is 11.6. The molecule has 0 amide bonds. The minimum atomic E-state index is 0.579. The van der Waals surface area contributed by atoms with Crippen molar-refractivity contribution in [3.63, 3.8) is 0 Å². The third kappa shape index (κ3) is 14.9. The molecule has 0 heterocycles. The summed E-state index contributed by atoms with van der Waals surface area (Å²) in [4.78, 5) is 1.96. The molecule has 0 radical (unpaired) electrons. The van der Waals surface area contributed by atoms with Crippen molar-refractivity contribution >= 4 is 29.2 Å². The van der Waals surface area contributed by atoms with Gasteiger partial charge in [0.15, 0.2) is 0 Å². The van der Waals surface area contributed by atoms with Crippen molar-refractivity contribution in [2.24, 2.45) is 0 Å². The normalized spacial score (nSPS) is 11.0. The molecular formula is C21H46N2S2. The Morgan fingerprint density at radius 2 is 0.960 bits per heavy atom. The van der Waals surface area contributed by atoms with Gasteiger partial charge in [0, 0.05) is 13.1 Å². The van der Waals surface area contributed by atoms with E-state index in [0.29, 0.717) is 4.32 Å². The predicted octanol–water partition coefficient (Wildman–Crippen LogP) is 6.16. The molecule has 0 aliphatic carbocycles. The van der Waals surface area contributed by atoms with Gasteiger partial charge in [-0.2, -0.15) is 0 Å². The smallest absolute Gasteiger partial charge is 0.0786 e. The third-order valence-corrected chi connectivity index (χ3v) is 5.48. The highest BCUT2D eigenvalue weighted by Crippen LogP contribution is 2.16. The van der Waals surface area contributed by atoms with Crippen LogP contribution in [0.4, 0.5) is 0 Å². The summed E-state index contributed by atoms with van der Waals surface area (Å²) in [5.74, 6) is 0. The first kappa shape index (κ1) is 27.3. The minimum absolute atomic E-state index is 0.579. The molecule has 0 saturated heterocycles. The van der Waals surface area contributed by atoms with E-state index in [-0.39, 0.29) is 0 Å². The second kappa shape index (κ2) is 18.8. The van der Waals surface area contributed by atoms with Crippen LogP contribution in [0.3, 0.4) is 0 Å². The Balaban J connectivity index is 0. The molecule has 0 spiro atoms. The molecule has 2 nitrogen and oxygen atoms in total. The van der Waals surface area contributed by atoms with Crippen LogP contribution in [0.15, 0.2) is 0 Å². The first-order chi connectivity index (χ1) is 12.0. The molecular weight excluding hydrogens is 344 g/mol. The van der Waals surface area contributed by atoms with Gasteiger partial charge in [-0.1, -0.05) is 57.7 Å². The molecule has 0 N–H and O–H groups in total. The number of nitrogens with zero attached hydrogens (tertiary/aromatic N) is 2. The second-order valence-electron chi connectivity index (χ2n) is 7.09. The molecule has 0 aromatic heterocycles. The predicted molar refractivity (Wildman–Crippen MR) is 122 cm³/mol. The van der Waals surface area contributed by atoms with Crippen molar-refractivity contribution in [2.45, 2.75) is 92.9 Å². The van der Waals surface area contributed by atoms with E-state index in [2.05, 4.69) is 27.7 Å². The van der Waals surface area contributed by atoms with E-state index in [0.717, 1.165) is 13.1 Å². The molecule has 0 unspecified atom stereocenters. The molecule has 0 aromatic carbocycles. The topological polar surface area (TPSA) is 3.24 Å². The zero-order valence-electron chi connectivity index (χ0n) is 18.1. The van der Waals surface area contributed by atoms with Crippen LogP contribution in [0, 0.1) is 0 Å². The van der Waals surface area contributed by atoms with Crippen LogP contribution in [0.25, 0.3) is 0 Å². The quantitative estimate of drug-likeness (QED) is 0.198. The van der Waals surface area contributed by atoms with Gasteiger partial charge < -0.3 is 34.2 Å². The Hall–Kier alpha value is 0.0700. The van der Waals surface area contributed by atoms with Crippen LogP contribution in [0.1, 0.15) is 92.9 Å². The Bertz CT molecular complexity index is 254. The summed E-state index contributed by atoms with van der Waals surface area (Å²) in [6.45, 7) is 21.0. The molecule has 0 aliphatic heterocycles. The molecule has 0 bridgehead atoms. The Morgan fingerprint density at radius 3 is 1.08 bits per heavy atom. The Morgan fingerprint density at radius 1 is 0.680 bits per heavy atom. The summed E-state index contributed by atoms with van der Waals surface area (Å²) in [7, 11) is 0. The summed E-state index contributed by atoms with van der Waals surface area (Å²) in [5, 5.41) is 0. The molecule has 0 atom stereocenters. The van der Waals surface area contributed by atoms with E-state index in [9.17, 15) is 0 Å². The SMILES string of the molecule is CCCC[N+](CCCC)(CCCC)CCCC.CCN(CC)C(=S)[S-]. The molecule has 152 valence electrons. The number of quaternary nitrogens is 1. The summed E-state index contributed by atoms with van der Waals surface area (Å²) < 4.78 is 2.00. The summed E-state index contributed by atoms with van der Waals surface area (Å²) in [6.07, 6.45) is 11.1. The van der Waals surface area contributed by atoms with Crippen LogP contribution < -0.4 is 0 Å². The highest BCUT2D eigenvalue weighted by atomic mass is 32.1. The minimum Gasteiger partial charge on any atom is -0.411 e. The molecule has 25 heavy (non-hydrogen) atoms. The fourth-order valence-corrected chi connectivity index (χ4v) is 3.64. The van der Waals surface area contributed by atoms with Gasteiger partial charge in [0.25, 0.3) is 0 Å². The average molecular weight is 391 g/mol. The van der Waals surface area contributed by atoms with Gasteiger partial charge >= 0.3 is 0 Å². The Kier molecular flexibility index (Phi) is 20.6. The summed E-state index contributed by atoms with van der Waals surface area (Å²) >= 11 is 9.51. The molecule has 0 saturated carbocycles. The summed E-state index contributed by atoms with van der Waals surface area (Å²) in [6, 6.07) is 0. The molecule has 0 fully saturated rings. The first-order valence-electron chi connectivity index (χ1n) is 10.8. The van der Waals surface area contributed by atoms with Gasteiger partial charge in [-0.05, 0) is 39.5 Å². The lowest BCUT2D eigenvalue weighted by Crippen LogP contribution is -2.50. The van der Waals surface area contributed by atoms with E-state index >= 15 is 0 Å². The maximum atomic E-state index is 4.76. The largest absolute Gasteiger partial charge is 0.411 e. The van der Waals surface area contributed by atoms with Gasteiger partial charge in [0.2, 0.25) is 0 Å². The van der Waals surface area contributed by atoms with Gasteiger partial charge in [-0.15, -0.1) is 0 Å². The van der Waals surface area contributed by atoms with Crippen molar-refractivity contribution in [2.75, 3.05) is 39.3 Å². The van der Waals surface area contributed by atoms with Crippen molar-refractivity contribution in [3.05, 3.63) is 0 Å². The number of rotatable bonds is 14. The van der Waals surface area contributed by atoms with Gasteiger partial charge in [0.1, 0.15) is 0 Å². The fourth-order valence-electron chi connectivity index (χ4n) is 3.13. The maximum Gasteiger partial charge on any atom is 0.0786 e. The monoisotopic (exact) mass is 390 g/mol. The third-order valence-electron chi connectivity index (χ3n) is 4.97. The van der Waals surface area contributed by atoms with Crippen LogP contribution in [-0.2, 0) is 12.6 Å². The van der Waals surface area contributed by atoms with E-state index in [1.807, 2.05) is 18.7 Å². The molecule has 0 rings (SSSR count). The highest BCUT2D eigenvalue weighted by molar-refractivity contribution is 8.00. The van der Waals surface area contributed by atoms with E-state index < -0.39 is 0 Å². The van der Waals surface area contributed by atoms with Crippen LogP contribution in [0.5, 0.6) is 0 Å². The second-order valence-corrected chi connectivity index (χ2v) is 8.12. The zero-order chi connectivity index (χ0) is 19.6. The lowest BCUT2D eigenvalue weighted by molar-refractivity contribution is -0.929. The zero-order valence-corrected chi connectivity index (χ0v) is 19.7. The molecule has 0 aliphatic rings. The van der Waals surface area contributed by atoms with E-state index in [4.69, 9.17) is 24.8 Å². The average Bonchev–Trinajstić information content (AvgIpc) is 2.62. The Labute approximate surface area is 170 Å². The number of thiocarbonyl (C=S) groups is 1. The number of hydrogen-bond donors (Lipinski definition) is 0.